The van der Waals surface area contributed by atoms with Crippen LogP contribution in [0.3, 0.4) is 0 Å². The molecule has 0 aliphatic carbocycles. The summed E-state index contributed by atoms with van der Waals surface area (Å²) >= 11 is 0. The summed E-state index contributed by atoms with van der Waals surface area (Å²) in [5.41, 5.74) is 0. The van der Waals surface area contributed by atoms with Crippen LogP contribution in [-0.4, -0.2) is 65.3 Å². The molecule has 0 amide bonds. The second-order valence-corrected chi connectivity index (χ2v) is 3.77. The van der Waals surface area contributed by atoms with Crippen LogP contribution in [0, 0.1) is 0 Å². The maximum absolute atomic E-state index is 9.37. The lowest BCUT2D eigenvalue weighted by Gasteiger charge is -2.30. The Morgan fingerprint density at radius 1 is 1.36 bits per heavy atom. The van der Waals surface area contributed by atoms with Gasteiger partial charge in [-0.15, -0.1) is 0 Å². The fraction of sp³-hybridized carbons (Fsp3) is 1.00. The van der Waals surface area contributed by atoms with E-state index >= 15 is 0 Å². The zero-order chi connectivity index (χ0) is 8.65. The Morgan fingerprint density at radius 3 is 2.09 bits per heavy atom. The van der Waals surface area contributed by atoms with Crippen LogP contribution >= 0.6 is 0 Å². The quantitative estimate of drug-likeness (QED) is 0.397. The minimum Gasteiger partial charge on any atom is -0.390 e. The Bertz CT molecular complexity index is 149. The highest BCUT2D eigenvalue weighted by Crippen LogP contribution is 2.22. The number of likely N-dealkylation sites (tertiary alicyclic amines) is 1. The first-order valence-electron chi connectivity index (χ1n) is 3.78. The van der Waals surface area contributed by atoms with Gasteiger partial charge in [-0.1, -0.05) is 0 Å². The number of quaternary nitrogens is 1. The smallest absolute Gasteiger partial charge is 0.141 e. The van der Waals surface area contributed by atoms with Gasteiger partial charge < -0.3 is 19.8 Å². The fourth-order valence-corrected chi connectivity index (χ4v) is 1.72. The molecule has 11 heavy (non-hydrogen) atoms. The summed E-state index contributed by atoms with van der Waals surface area (Å²) < 4.78 is 0.485. The molecule has 0 aromatic carbocycles. The van der Waals surface area contributed by atoms with Crippen molar-refractivity contribution < 1.29 is 19.8 Å². The second-order valence-electron chi connectivity index (χ2n) is 3.77. The molecule has 3 atom stereocenters. The van der Waals surface area contributed by atoms with Gasteiger partial charge in [-0.3, -0.25) is 0 Å². The number of hydrogen-bond acceptors (Lipinski definition) is 3. The Labute approximate surface area is 66.3 Å². The van der Waals surface area contributed by atoms with Crippen LogP contribution < -0.4 is 0 Å². The third kappa shape index (κ3) is 1.39. The van der Waals surface area contributed by atoms with E-state index in [9.17, 15) is 10.2 Å². The third-order valence-corrected chi connectivity index (χ3v) is 2.53. The van der Waals surface area contributed by atoms with Gasteiger partial charge in [0.1, 0.15) is 24.8 Å². The molecule has 3 N–H and O–H groups in total. The van der Waals surface area contributed by atoms with Crippen molar-refractivity contribution >= 4 is 0 Å². The van der Waals surface area contributed by atoms with Crippen LogP contribution in [0.2, 0.25) is 0 Å². The molecule has 1 saturated heterocycles. The van der Waals surface area contributed by atoms with E-state index < -0.39 is 12.2 Å². The van der Waals surface area contributed by atoms with E-state index in [0.717, 1.165) is 0 Å². The molecule has 1 heterocycles. The number of likely N-dealkylation sites (N-methyl/N-ethyl adjacent to an activating group) is 1. The average Bonchev–Trinajstić information content (AvgIpc) is 2.03. The van der Waals surface area contributed by atoms with Gasteiger partial charge in [0.25, 0.3) is 0 Å². The molecule has 0 bridgehead atoms. The van der Waals surface area contributed by atoms with Gasteiger partial charge in [-0.2, -0.15) is 0 Å². The van der Waals surface area contributed by atoms with Gasteiger partial charge in [0.15, 0.2) is 0 Å². The molecule has 1 aliphatic rings. The van der Waals surface area contributed by atoms with Gasteiger partial charge in [-0.05, 0) is 0 Å². The highest BCUT2D eigenvalue weighted by Gasteiger charge is 2.47. The molecule has 1 aliphatic heterocycles. The predicted molar refractivity (Wildman–Crippen MR) is 39.9 cm³/mol. The maximum atomic E-state index is 9.37. The van der Waals surface area contributed by atoms with E-state index in [1.165, 1.54) is 0 Å². The first-order valence-corrected chi connectivity index (χ1v) is 3.78. The van der Waals surface area contributed by atoms with Crippen molar-refractivity contribution in [2.45, 2.75) is 18.2 Å². The minimum atomic E-state index is -0.782. The molecule has 0 saturated carbocycles. The zero-order valence-corrected chi connectivity index (χ0v) is 6.94. The third-order valence-electron chi connectivity index (χ3n) is 2.53. The molecular weight excluding hydrogens is 146 g/mol. The molecule has 4 heteroatoms. The number of aliphatic hydroxyl groups excluding tert-OH is 3. The summed E-state index contributed by atoms with van der Waals surface area (Å²) in [5, 5.41) is 27.5. The summed E-state index contributed by atoms with van der Waals surface area (Å²) in [5.74, 6) is 0. The monoisotopic (exact) mass is 162 g/mol. The highest BCUT2D eigenvalue weighted by atomic mass is 16.3. The normalized spacial score (nSPS) is 42.8. The van der Waals surface area contributed by atoms with Gasteiger partial charge in [0.05, 0.1) is 20.7 Å². The van der Waals surface area contributed by atoms with Crippen LogP contribution in [0.5, 0.6) is 0 Å². The Balaban J connectivity index is 2.73. The summed E-state index contributed by atoms with van der Waals surface area (Å²) in [7, 11) is 3.78. The lowest BCUT2D eigenvalue weighted by molar-refractivity contribution is -0.905. The van der Waals surface area contributed by atoms with Crippen molar-refractivity contribution in [2.24, 2.45) is 0 Å². The van der Waals surface area contributed by atoms with Crippen LogP contribution in [0.1, 0.15) is 0 Å². The molecule has 4 nitrogen and oxygen atoms in total. The molecule has 1 rings (SSSR count). The van der Waals surface area contributed by atoms with Crippen LogP contribution in [0.25, 0.3) is 0 Å². The van der Waals surface area contributed by atoms with Crippen LogP contribution in [0.4, 0.5) is 0 Å². The van der Waals surface area contributed by atoms with E-state index in [0.29, 0.717) is 11.0 Å². The number of hydrogen-bond donors (Lipinski definition) is 3. The zero-order valence-electron chi connectivity index (χ0n) is 6.94. The molecule has 66 valence electrons. The molecule has 0 aromatic heterocycles. The number of rotatable bonds is 1. The molecule has 1 fully saturated rings. The van der Waals surface area contributed by atoms with Gasteiger partial charge >= 0.3 is 0 Å². The Morgan fingerprint density at radius 2 is 1.91 bits per heavy atom. The van der Waals surface area contributed by atoms with Gasteiger partial charge in [-0.25, -0.2) is 0 Å². The molecule has 0 unspecified atom stereocenters. The average molecular weight is 162 g/mol. The molecule has 0 radical (unpaired) electrons. The number of aliphatic hydroxyl groups is 3. The highest BCUT2D eigenvalue weighted by molar-refractivity contribution is 4.82. The summed E-state index contributed by atoms with van der Waals surface area (Å²) in [6.07, 6.45) is -1.47. The van der Waals surface area contributed by atoms with E-state index in [1.807, 2.05) is 14.1 Å². The van der Waals surface area contributed by atoms with Crippen molar-refractivity contribution in [1.82, 2.24) is 0 Å². The fourth-order valence-electron chi connectivity index (χ4n) is 1.72. The van der Waals surface area contributed by atoms with Crippen molar-refractivity contribution in [3.63, 3.8) is 0 Å². The van der Waals surface area contributed by atoms with E-state index in [2.05, 4.69) is 0 Å². The molecule has 0 spiro atoms. The molecule has 0 aromatic rings. The van der Waals surface area contributed by atoms with Crippen molar-refractivity contribution in [3.8, 4) is 0 Å². The summed E-state index contributed by atoms with van der Waals surface area (Å²) in [4.78, 5) is 0. The summed E-state index contributed by atoms with van der Waals surface area (Å²) in [6.45, 7) is 0.428. The second kappa shape index (κ2) is 2.71. The first-order chi connectivity index (χ1) is 4.99. The maximum Gasteiger partial charge on any atom is 0.141 e. The lowest BCUT2D eigenvalue weighted by Crippen LogP contribution is -2.49. The van der Waals surface area contributed by atoms with E-state index in [4.69, 9.17) is 5.11 Å². The van der Waals surface area contributed by atoms with Crippen molar-refractivity contribution in [3.05, 3.63) is 0 Å². The SMILES string of the molecule is C[N+]1(C)C[C@H](O)[C@@H](O)[C@@H]1CO. The molecular formula is C7H16NO3+. The minimum absolute atomic E-state index is 0.0781. The Kier molecular flexibility index (Phi) is 2.20. The number of nitrogens with zero attached hydrogens (tertiary/aromatic N) is 1. The topological polar surface area (TPSA) is 60.7 Å². The van der Waals surface area contributed by atoms with Crippen molar-refractivity contribution in [1.29, 1.82) is 0 Å². The van der Waals surface area contributed by atoms with Crippen LogP contribution in [0.15, 0.2) is 0 Å². The van der Waals surface area contributed by atoms with E-state index in [1.54, 1.807) is 0 Å². The summed E-state index contributed by atoms with van der Waals surface area (Å²) in [6, 6.07) is -0.245. The van der Waals surface area contributed by atoms with Gasteiger partial charge in [0, 0.05) is 0 Å². The first kappa shape index (κ1) is 8.93. The van der Waals surface area contributed by atoms with Crippen LogP contribution in [-0.2, 0) is 0 Å². The van der Waals surface area contributed by atoms with E-state index in [-0.39, 0.29) is 12.6 Å². The van der Waals surface area contributed by atoms with Gasteiger partial charge in [0.2, 0.25) is 0 Å². The Hall–Kier alpha value is -0.160. The lowest BCUT2D eigenvalue weighted by atomic mass is 10.1. The largest absolute Gasteiger partial charge is 0.390 e. The predicted octanol–water partition coefficient (Wildman–Crippen LogP) is -1.84. The standard InChI is InChI=1S/C7H16NO3/c1-8(2)3-6(10)7(11)5(8)4-9/h5-7,9-11H,3-4H2,1-2H3/q+1/t5-,6-,7-/m0/s1. The van der Waals surface area contributed by atoms with Crippen molar-refractivity contribution in [2.75, 3.05) is 27.2 Å².